The molecule has 0 aliphatic carbocycles. The average molecular weight is 281 g/mol. The second-order valence-electron chi connectivity index (χ2n) is 5.50. The summed E-state index contributed by atoms with van der Waals surface area (Å²) in [6, 6.07) is 20.2. The van der Waals surface area contributed by atoms with Gasteiger partial charge in [0.25, 0.3) is 0 Å². The first-order chi connectivity index (χ1) is 10.3. The van der Waals surface area contributed by atoms with Gasteiger partial charge in [-0.3, -0.25) is 0 Å². The second kappa shape index (κ2) is 6.44. The monoisotopic (exact) mass is 281 g/mol. The molecular formula is C18H19NO2. The third-order valence-corrected chi connectivity index (χ3v) is 3.79. The number of carbonyl (C=O) groups is 1. The largest absolute Gasteiger partial charge is 0.445 e. The molecule has 0 spiro atoms. The minimum absolute atomic E-state index is 0.205. The zero-order valence-electron chi connectivity index (χ0n) is 11.9. The summed E-state index contributed by atoms with van der Waals surface area (Å²) in [4.78, 5) is 13.7. The molecule has 0 N–H and O–H groups in total. The van der Waals surface area contributed by atoms with Crippen molar-refractivity contribution in [3.63, 3.8) is 0 Å². The maximum Gasteiger partial charge on any atom is 0.410 e. The minimum atomic E-state index is -0.205. The molecule has 21 heavy (non-hydrogen) atoms. The van der Waals surface area contributed by atoms with Crippen molar-refractivity contribution in [2.75, 3.05) is 13.1 Å². The molecule has 3 nitrogen and oxygen atoms in total. The first kappa shape index (κ1) is 13.7. The summed E-state index contributed by atoms with van der Waals surface area (Å²) in [5.74, 6) is 0.552. The van der Waals surface area contributed by atoms with Crippen LogP contribution in [0.4, 0.5) is 4.79 Å². The Bertz CT molecular complexity index is 577. The van der Waals surface area contributed by atoms with E-state index in [9.17, 15) is 4.79 Å². The van der Waals surface area contributed by atoms with E-state index in [1.165, 1.54) is 5.56 Å². The highest BCUT2D eigenvalue weighted by atomic mass is 16.6. The van der Waals surface area contributed by atoms with Crippen LogP contribution in [0.3, 0.4) is 0 Å². The Morgan fingerprint density at radius 3 is 2.14 bits per heavy atom. The van der Waals surface area contributed by atoms with Gasteiger partial charge in [0.05, 0.1) is 0 Å². The Morgan fingerprint density at radius 1 is 0.952 bits per heavy atom. The van der Waals surface area contributed by atoms with Crippen molar-refractivity contribution in [1.29, 1.82) is 0 Å². The number of benzene rings is 2. The van der Waals surface area contributed by atoms with Gasteiger partial charge in [0.2, 0.25) is 0 Å². The van der Waals surface area contributed by atoms with E-state index in [0.29, 0.717) is 12.5 Å². The van der Waals surface area contributed by atoms with Crippen molar-refractivity contribution in [3.8, 4) is 0 Å². The number of ether oxygens (including phenoxy) is 1. The Balaban J connectivity index is 1.40. The van der Waals surface area contributed by atoms with E-state index in [4.69, 9.17) is 4.74 Å². The van der Waals surface area contributed by atoms with Crippen molar-refractivity contribution >= 4 is 6.09 Å². The van der Waals surface area contributed by atoms with Gasteiger partial charge in [-0.25, -0.2) is 4.79 Å². The van der Waals surface area contributed by atoms with Crippen LogP contribution in [0.15, 0.2) is 60.7 Å². The molecule has 1 saturated heterocycles. The summed E-state index contributed by atoms with van der Waals surface area (Å²) in [7, 11) is 0. The van der Waals surface area contributed by atoms with E-state index >= 15 is 0 Å². The summed E-state index contributed by atoms with van der Waals surface area (Å²) in [5, 5.41) is 0. The molecular weight excluding hydrogens is 262 g/mol. The van der Waals surface area contributed by atoms with Crippen LogP contribution in [-0.2, 0) is 17.8 Å². The summed E-state index contributed by atoms with van der Waals surface area (Å²) in [6.45, 7) is 1.94. The smallest absolute Gasteiger partial charge is 0.410 e. The lowest BCUT2D eigenvalue weighted by molar-refractivity contribution is 0.0496. The lowest BCUT2D eigenvalue weighted by Gasteiger charge is -2.38. The molecule has 0 unspecified atom stereocenters. The van der Waals surface area contributed by atoms with Gasteiger partial charge in [-0.15, -0.1) is 0 Å². The fourth-order valence-electron chi connectivity index (χ4n) is 2.61. The third-order valence-electron chi connectivity index (χ3n) is 3.79. The number of carbonyl (C=O) groups excluding carboxylic acids is 1. The Hall–Kier alpha value is -2.29. The summed E-state index contributed by atoms with van der Waals surface area (Å²) in [6.07, 6.45) is 0.826. The molecule has 0 saturated carbocycles. The quantitative estimate of drug-likeness (QED) is 0.858. The summed E-state index contributed by atoms with van der Waals surface area (Å²) in [5.41, 5.74) is 2.35. The summed E-state index contributed by atoms with van der Waals surface area (Å²) < 4.78 is 5.32. The van der Waals surface area contributed by atoms with Gasteiger partial charge < -0.3 is 9.64 Å². The highest BCUT2D eigenvalue weighted by molar-refractivity contribution is 5.68. The number of hydrogen-bond donors (Lipinski definition) is 0. The molecule has 1 aliphatic rings. The standard InChI is InChI=1S/C18H19NO2/c20-18(21-14-16-9-5-2-6-10-16)19-12-17(13-19)11-15-7-3-1-4-8-15/h1-10,17H,11-14H2. The molecule has 108 valence electrons. The van der Waals surface area contributed by atoms with Gasteiger partial charge in [-0.1, -0.05) is 60.7 Å². The normalized spacial score (nSPS) is 14.6. The lowest BCUT2D eigenvalue weighted by atomic mass is 9.93. The van der Waals surface area contributed by atoms with Crippen LogP contribution in [0.1, 0.15) is 11.1 Å². The predicted octanol–water partition coefficient (Wildman–Crippen LogP) is 3.50. The fourth-order valence-corrected chi connectivity index (χ4v) is 2.61. The van der Waals surface area contributed by atoms with E-state index in [2.05, 4.69) is 24.3 Å². The van der Waals surface area contributed by atoms with Crippen LogP contribution in [0.5, 0.6) is 0 Å². The van der Waals surface area contributed by atoms with Crippen LogP contribution < -0.4 is 0 Å². The molecule has 1 amide bonds. The molecule has 1 fully saturated rings. The van der Waals surface area contributed by atoms with E-state index in [-0.39, 0.29) is 6.09 Å². The highest BCUT2D eigenvalue weighted by Crippen LogP contribution is 2.21. The van der Waals surface area contributed by atoms with Crippen molar-refractivity contribution in [2.24, 2.45) is 5.92 Å². The number of amides is 1. The maximum atomic E-state index is 11.9. The number of rotatable bonds is 4. The van der Waals surface area contributed by atoms with Crippen LogP contribution >= 0.6 is 0 Å². The molecule has 0 bridgehead atoms. The van der Waals surface area contributed by atoms with E-state index in [0.717, 1.165) is 25.1 Å². The second-order valence-corrected chi connectivity index (χ2v) is 5.50. The van der Waals surface area contributed by atoms with Crippen molar-refractivity contribution in [1.82, 2.24) is 4.90 Å². The first-order valence-corrected chi connectivity index (χ1v) is 7.31. The van der Waals surface area contributed by atoms with Gasteiger partial charge in [-0.05, 0) is 23.5 Å². The van der Waals surface area contributed by atoms with E-state index in [1.807, 2.05) is 36.4 Å². The molecule has 3 heteroatoms. The van der Waals surface area contributed by atoms with Gasteiger partial charge in [0.15, 0.2) is 0 Å². The van der Waals surface area contributed by atoms with Crippen LogP contribution in [0.25, 0.3) is 0 Å². The molecule has 0 aromatic heterocycles. The third kappa shape index (κ3) is 3.63. The first-order valence-electron chi connectivity index (χ1n) is 7.31. The van der Waals surface area contributed by atoms with Crippen LogP contribution in [0.2, 0.25) is 0 Å². The summed E-state index contributed by atoms with van der Waals surface area (Å²) >= 11 is 0. The van der Waals surface area contributed by atoms with Gasteiger partial charge in [-0.2, -0.15) is 0 Å². The maximum absolute atomic E-state index is 11.9. The van der Waals surface area contributed by atoms with Crippen molar-refractivity contribution in [3.05, 3.63) is 71.8 Å². The number of likely N-dealkylation sites (tertiary alicyclic amines) is 1. The van der Waals surface area contributed by atoms with Gasteiger partial charge >= 0.3 is 6.09 Å². The average Bonchev–Trinajstić information content (AvgIpc) is 2.50. The zero-order chi connectivity index (χ0) is 14.5. The molecule has 1 aliphatic heterocycles. The number of nitrogens with zero attached hydrogens (tertiary/aromatic N) is 1. The Labute approximate surface area is 125 Å². The molecule has 3 rings (SSSR count). The lowest BCUT2D eigenvalue weighted by Crippen LogP contribution is -2.50. The van der Waals surface area contributed by atoms with E-state index in [1.54, 1.807) is 4.90 Å². The minimum Gasteiger partial charge on any atom is -0.445 e. The highest BCUT2D eigenvalue weighted by Gasteiger charge is 2.31. The number of hydrogen-bond acceptors (Lipinski definition) is 2. The molecule has 2 aromatic carbocycles. The molecule has 0 atom stereocenters. The topological polar surface area (TPSA) is 29.5 Å². The van der Waals surface area contributed by atoms with Gasteiger partial charge in [0.1, 0.15) is 6.61 Å². The fraction of sp³-hybridized carbons (Fsp3) is 0.278. The van der Waals surface area contributed by atoms with Crippen LogP contribution in [0, 0.1) is 5.92 Å². The van der Waals surface area contributed by atoms with E-state index < -0.39 is 0 Å². The molecule has 2 aromatic rings. The van der Waals surface area contributed by atoms with Crippen molar-refractivity contribution < 1.29 is 9.53 Å². The Morgan fingerprint density at radius 2 is 1.52 bits per heavy atom. The van der Waals surface area contributed by atoms with Crippen LogP contribution in [-0.4, -0.2) is 24.1 Å². The molecule has 1 heterocycles. The molecule has 0 radical (unpaired) electrons. The van der Waals surface area contributed by atoms with Crippen molar-refractivity contribution in [2.45, 2.75) is 13.0 Å². The van der Waals surface area contributed by atoms with Gasteiger partial charge in [0, 0.05) is 13.1 Å². The zero-order valence-corrected chi connectivity index (χ0v) is 11.9. The Kier molecular flexibility index (Phi) is 4.20. The predicted molar refractivity (Wildman–Crippen MR) is 81.8 cm³/mol. The SMILES string of the molecule is O=C(OCc1ccccc1)N1CC(Cc2ccccc2)C1.